The summed E-state index contributed by atoms with van der Waals surface area (Å²) in [6.07, 6.45) is 0. The molecule has 3 aromatic carbocycles. The molecule has 1 atom stereocenters. The lowest BCUT2D eigenvalue weighted by Crippen LogP contribution is -2.23. The van der Waals surface area contributed by atoms with E-state index in [4.69, 9.17) is 4.74 Å². The number of ether oxygens (including phenoxy) is 1. The highest BCUT2D eigenvalue weighted by Gasteiger charge is 2.29. The van der Waals surface area contributed by atoms with E-state index in [1.54, 1.807) is 0 Å². The third-order valence-electron chi connectivity index (χ3n) is 6.22. The highest BCUT2D eigenvalue weighted by molar-refractivity contribution is 5.66. The van der Waals surface area contributed by atoms with Gasteiger partial charge in [-0.1, -0.05) is 36.4 Å². The van der Waals surface area contributed by atoms with Gasteiger partial charge in [-0.3, -0.25) is 0 Å². The van der Waals surface area contributed by atoms with Crippen LogP contribution >= 0.6 is 0 Å². The summed E-state index contributed by atoms with van der Waals surface area (Å²) in [5.41, 5.74) is 6.26. The Morgan fingerprint density at radius 1 is 0.633 bits per heavy atom. The van der Waals surface area contributed by atoms with E-state index in [2.05, 4.69) is 104 Å². The molecule has 0 aliphatic carbocycles. The van der Waals surface area contributed by atoms with Crippen LogP contribution in [0.25, 0.3) is 0 Å². The van der Waals surface area contributed by atoms with Gasteiger partial charge in [0, 0.05) is 60.7 Å². The Morgan fingerprint density at radius 2 is 1.23 bits per heavy atom. The largest absolute Gasteiger partial charge is 0.457 e. The van der Waals surface area contributed by atoms with Gasteiger partial charge in [0.05, 0.1) is 0 Å². The highest BCUT2D eigenvalue weighted by Crippen LogP contribution is 2.49. The molecule has 0 aromatic heterocycles. The fourth-order valence-corrected chi connectivity index (χ4v) is 4.57. The van der Waals surface area contributed by atoms with Crippen LogP contribution in [0.3, 0.4) is 0 Å². The van der Waals surface area contributed by atoms with Crippen molar-refractivity contribution in [2.75, 3.05) is 36.0 Å². The van der Waals surface area contributed by atoms with E-state index >= 15 is 0 Å². The first-order valence-electron chi connectivity index (χ1n) is 11.2. The number of hydrogen-bond donors (Lipinski definition) is 0. The van der Waals surface area contributed by atoms with Gasteiger partial charge < -0.3 is 14.5 Å². The van der Waals surface area contributed by atoms with Crippen molar-refractivity contribution in [3.63, 3.8) is 0 Å². The highest BCUT2D eigenvalue weighted by atomic mass is 16.5. The lowest BCUT2D eigenvalue weighted by Gasteiger charge is -2.32. The van der Waals surface area contributed by atoms with Gasteiger partial charge >= 0.3 is 0 Å². The maximum atomic E-state index is 6.47. The number of benzene rings is 3. The van der Waals surface area contributed by atoms with Crippen LogP contribution in [0.15, 0.2) is 66.7 Å². The van der Waals surface area contributed by atoms with E-state index < -0.39 is 0 Å². The second kappa shape index (κ2) is 8.83. The zero-order valence-electron chi connectivity index (χ0n) is 18.6. The summed E-state index contributed by atoms with van der Waals surface area (Å²) in [6, 6.07) is 24.2. The maximum absolute atomic E-state index is 6.47. The quantitative estimate of drug-likeness (QED) is 0.345. The van der Waals surface area contributed by atoms with Gasteiger partial charge in [0.1, 0.15) is 11.5 Å². The lowest BCUT2D eigenvalue weighted by molar-refractivity contribution is 0.453. The van der Waals surface area contributed by atoms with Crippen LogP contribution in [-0.4, -0.2) is 26.2 Å². The van der Waals surface area contributed by atoms with Gasteiger partial charge in [-0.2, -0.15) is 0 Å². The zero-order chi connectivity index (χ0) is 21.1. The molecule has 4 rings (SSSR count). The first-order chi connectivity index (χ1) is 14.7. The van der Waals surface area contributed by atoms with E-state index in [-0.39, 0.29) is 5.92 Å². The Kier molecular flexibility index (Phi) is 5.98. The van der Waals surface area contributed by atoms with E-state index in [1.165, 1.54) is 28.1 Å². The topological polar surface area (TPSA) is 15.7 Å². The Morgan fingerprint density at radius 3 is 1.87 bits per heavy atom. The molecule has 1 aliphatic heterocycles. The number of anilines is 2. The Bertz CT molecular complexity index is 991. The molecule has 0 bridgehead atoms. The molecule has 1 aliphatic rings. The summed E-state index contributed by atoms with van der Waals surface area (Å²) >= 11 is 0. The minimum atomic E-state index is 0.172. The average molecular weight is 401 g/mol. The predicted octanol–water partition coefficient (Wildman–Crippen LogP) is 6.66. The van der Waals surface area contributed by atoms with Crippen molar-refractivity contribution in [2.45, 2.75) is 33.6 Å². The Hall–Kier alpha value is -2.94. The fourth-order valence-electron chi connectivity index (χ4n) is 4.57. The molecule has 0 N–H and O–H groups in total. The predicted molar refractivity (Wildman–Crippen MR) is 127 cm³/mol. The van der Waals surface area contributed by atoms with Crippen molar-refractivity contribution in [1.29, 1.82) is 0 Å². The summed E-state index contributed by atoms with van der Waals surface area (Å²) in [5, 5.41) is 0. The minimum Gasteiger partial charge on any atom is -0.457 e. The van der Waals surface area contributed by atoms with E-state index in [1.807, 2.05) is 0 Å². The molecule has 0 saturated carbocycles. The van der Waals surface area contributed by atoms with Crippen LogP contribution in [0.5, 0.6) is 11.5 Å². The monoisotopic (exact) mass is 400 g/mol. The molecule has 1 heterocycles. The minimum absolute atomic E-state index is 0.172. The van der Waals surface area contributed by atoms with E-state index in [0.717, 1.165) is 37.7 Å². The first kappa shape index (κ1) is 20.3. The smallest absolute Gasteiger partial charge is 0.133 e. The summed E-state index contributed by atoms with van der Waals surface area (Å²) < 4.78 is 6.47. The molecule has 3 heteroatoms. The molecule has 0 radical (unpaired) electrons. The van der Waals surface area contributed by atoms with Crippen LogP contribution in [0.2, 0.25) is 0 Å². The summed E-state index contributed by atoms with van der Waals surface area (Å²) in [7, 11) is 0. The Labute approximate surface area is 180 Å². The fraction of sp³-hybridized carbons (Fsp3) is 0.333. The van der Waals surface area contributed by atoms with Gasteiger partial charge in [0.25, 0.3) is 0 Å². The Balaban J connectivity index is 1.86. The second-order valence-corrected chi connectivity index (χ2v) is 7.73. The van der Waals surface area contributed by atoms with Crippen LogP contribution < -0.4 is 14.5 Å². The average Bonchev–Trinajstić information content (AvgIpc) is 2.79. The number of fused-ring (bicyclic) bond motifs is 2. The summed E-state index contributed by atoms with van der Waals surface area (Å²) in [4.78, 5) is 4.75. The molecule has 0 saturated heterocycles. The standard InChI is InChI=1S/C27H32N2O/c1-5-28(6-2)21-15-17-25-24(18-21)27(20-12-10-9-11-13-20)23-16-14-22(19-26(23)30-25)29(7-3)8-4/h9-19,27H,5-8H2,1-4H3. The number of rotatable bonds is 7. The molecule has 3 aromatic rings. The molecule has 156 valence electrons. The van der Waals surface area contributed by atoms with Gasteiger partial charge in [0.2, 0.25) is 0 Å². The van der Waals surface area contributed by atoms with Gasteiger partial charge in [-0.05, 0) is 57.5 Å². The normalized spacial score (nSPS) is 14.5. The SMILES string of the molecule is CCN(CC)c1ccc2c(c1)Oc1ccc(N(CC)CC)cc1C2c1ccccc1. The maximum Gasteiger partial charge on any atom is 0.133 e. The van der Waals surface area contributed by atoms with Gasteiger partial charge in [-0.15, -0.1) is 0 Å². The molecule has 0 fully saturated rings. The van der Waals surface area contributed by atoms with Crippen molar-refractivity contribution in [1.82, 2.24) is 0 Å². The van der Waals surface area contributed by atoms with Crippen LogP contribution in [-0.2, 0) is 0 Å². The second-order valence-electron chi connectivity index (χ2n) is 7.73. The first-order valence-corrected chi connectivity index (χ1v) is 11.2. The number of nitrogens with zero attached hydrogens (tertiary/aromatic N) is 2. The lowest BCUT2D eigenvalue weighted by atomic mass is 9.82. The van der Waals surface area contributed by atoms with Crippen LogP contribution in [0.4, 0.5) is 11.4 Å². The third-order valence-corrected chi connectivity index (χ3v) is 6.22. The van der Waals surface area contributed by atoms with Crippen molar-refractivity contribution < 1.29 is 4.74 Å². The van der Waals surface area contributed by atoms with E-state index in [9.17, 15) is 0 Å². The molecule has 30 heavy (non-hydrogen) atoms. The van der Waals surface area contributed by atoms with Crippen molar-refractivity contribution in [3.8, 4) is 11.5 Å². The molecule has 0 amide bonds. The molecule has 0 spiro atoms. The zero-order valence-corrected chi connectivity index (χ0v) is 18.6. The van der Waals surface area contributed by atoms with Gasteiger partial charge in [0.15, 0.2) is 0 Å². The third kappa shape index (κ3) is 3.65. The molecular weight excluding hydrogens is 368 g/mol. The molecule has 3 nitrogen and oxygen atoms in total. The van der Waals surface area contributed by atoms with Crippen molar-refractivity contribution >= 4 is 11.4 Å². The number of hydrogen-bond acceptors (Lipinski definition) is 3. The molecule has 1 unspecified atom stereocenters. The van der Waals surface area contributed by atoms with Crippen LogP contribution in [0.1, 0.15) is 50.3 Å². The van der Waals surface area contributed by atoms with Crippen molar-refractivity contribution in [3.05, 3.63) is 83.4 Å². The van der Waals surface area contributed by atoms with Crippen LogP contribution in [0, 0.1) is 0 Å². The van der Waals surface area contributed by atoms with Crippen molar-refractivity contribution in [2.24, 2.45) is 0 Å². The van der Waals surface area contributed by atoms with Gasteiger partial charge in [-0.25, -0.2) is 0 Å². The summed E-state index contributed by atoms with van der Waals surface area (Å²) in [5.74, 6) is 2.10. The summed E-state index contributed by atoms with van der Waals surface area (Å²) in [6.45, 7) is 12.8. The van der Waals surface area contributed by atoms with E-state index in [0.29, 0.717) is 0 Å². The molecular formula is C27H32N2O.